The summed E-state index contributed by atoms with van der Waals surface area (Å²) in [5.74, 6) is -0.0672. The molecular weight excluding hydrogens is 391 g/mol. The van der Waals surface area contributed by atoms with E-state index in [0.717, 1.165) is 12.8 Å². The summed E-state index contributed by atoms with van der Waals surface area (Å²) >= 11 is 0. The van der Waals surface area contributed by atoms with Gasteiger partial charge in [-0.1, -0.05) is 0 Å². The Labute approximate surface area is 171 Å². The van der Waals surface area contributed by atoms with Gasteiger partial charge in [0, 0.05) is 43.7 Å². The number of fused-ring (bicyclic) bond motifs is 1. The number of methoxy groups -OCH3 is 1. The number of amides is 1. The number of imidazole rings is 1. The van der Waals surface area contributed by atoms with Crippen molar-refractivity contribution in [2.45, 2.75) is 25.5 Å². The molecule has 2 aliphatic rings. The van der Waals surface area contributed by atoms with Crippen LogP contribution in [0.1, 0.15) is 23.3 Å². The molecule has 2 fully saturated rings. The molecule has 0 radical (unpaired) electrons. The summed E-state index contributed by atoms with van der Waals surface area (Å²) in [7, 11) is 1.46. The van der Waals surface area contributed by atoms with Gasteiger partial charge in [0.05, 0.1) is 18.9 Å². The molecule has 0 atom stereocenters. The van der Waals surface area contributed by atoms with Crippen LogP contribution in [0.15, 0.2) is 35.4 Å². The molecule has 3 heterocycles. The number of carbonyl (C=O) groups is 1. The number of carbonyl (C=O) groups excluding carboxylic acids is 1. The van der Waals surface area contributed by atoms with Crippen molar-refractivity contribution in [2.75, 3.05) is 20.2 Å². The van der Waals surface area contributed by atoms with Gasteiger partial charge in [0.1, 0.15) is 17.3 Å². The fraction of sp³-hybridized carbons (Fsp3) is 0.381. The standard InChI is InChI=1S/C21H21FN4O4/c1-30-14-4-5-15(16(22)6-14)18-11-24-10-17(20(28)25-8-13(27)9-25)23-19(24)21(29)26(18)7-12-2-3-12/h4-6,10-13,27H,2-3,7-9H2,1H3. The second-order valence-electron chi connectivity index (χ2n) is 7.94. The van der Waals surface area contributed by atoms with Gasteiger partial charge >= 0.3 is 0 Å². The number of nitrogens with zero attached hydrogens (tertiary/aromatic N) is 4. The van der Waals surface area contributed by atoms with Crippen LogP contribution in [-0.4, -0.2) is 56.2 Å². The minimum absolute atomic E-state index is 0.123. The molecule has 1 aromatic carbocycles. The van der Waals surface area contributed by atoms with Crippen molar-refractivity contribution in [1.29, 1.82) is 0 Å². The first-order chi connectivity index (χ1) is 14.4. The quantitative estimate of drug-likeness (QED) is 0.687. The van der Waals surface area contributed by atoms with E-state index in [1.165, 1.54) is 28.7 Å². The van der Waals surface area contributed by atoms with E-state index >= 15 is 0 Å². The zero-order valence-electron chi connectivity index (χ0n) is 16.4. The summed E-state index contributed by atoms with van der Waals surface area (Å²) in [4.78, 5) is 31.5. The molecule has 8 nitrogen and oxygen atoms in total. The second kappa shape index (κ2) is 6.94. The van der Waals surface area contributed by atoms with E-state index in [4.69, 9.17) is 4.74 Å². The third-order valence-electron chi connectivity index (χ3n) is 5.68. The first kappa shape index (κ1) is 18.8. The summed E-state index contributed by atoms with van der Waals surface area (Å²) in [5, 5.41) is 9.43. The monoisotopic (exact) mass is 412 g/mol. The molecule has 1 aliphatic carbocycles. The number of aromatic nitrogens is 3. The lowest BCUT2D eigenvalue weighted by molar-refractivity contribution is 0.00555. The highest BCUT2D eigenvalue weighted by molar-refractivity contribution is 5.93. The first-order valence-electron chi connectivity index (χ1n) is 9.88. The van der Waals surface area contributed by atoms with Gasteiger partial charge in [-0.3, -0.25) is 14.0 Å². The van der Waals surface area contributed by atoms with Crippen LogP contribution in [0.25, 0.3) is 16.9 Å². The maximum atomic E-state index is 14.8. The molecule has 1 saturated heterocycles. The normalized spacial score (nSPS) is 16.7. The van der Waals surface area contributed by atoms with E-state index in [1.807, 2.05) is 0 Å². The molecular formula is C21H21FN4O4. The molecule has 2 aromatic heterocycles. The van der Waals surface area contributed by atoms with Crippen LogP contribution >= 0.6 is 0 Å². The summed E-state index contributed by atoms with van der Waals surface area (Å²) in [6, 6.07) is 4.51. The zero-order valence-corrected chi connectivity index (χ0v) is 16.4. The van der Waals surface area contributed by atoms with Crippen LogP contribution in [0.2, 0.25) is 0 Å². The van der Waals surface area contributed by atoms with Crippen LogP contribution in [0.4, 0.5) is 4.39 Å². The highest BCUT2D eigenvalue weighted by Gasteiger charge is 2.31. The van der Waals surface area contributed by atoms with Gasteiger partial charge in [-0.2, -0.15) is 0 Å². The van der Waals surface area contributed by atoms with Crippen molar-refractivity contribution in [1.82, 2.24) is 18.9 Å². The summed E-state index contributed by atoms with van der Waals surface area (Å²) < 4.78 is 22.9. The molecule has 1 amide bonds. The number of aliphatic hydroxyl groups is 1. The predicted molar refractivity (Wildman–Crippen MR) is 106 cm³/mol. The number of hydrogen-bond donors (Lipinski definition) is 1. The first-order valence-corrected chi connectivity index (χ1v) is 9.88. The molecule has 5 rings (SSSR count). The van der Waals surface area contributed by atoms with Crippen molar-refractivity contribution in [3.8, 4) is 17.0 Å². The lowest BCUT2D eigenvalue weighted by Crippen LogP contribution is -2.53. The molecule has 1 saturated carbocycles. The summed E-state index contributed by atoms with van der Waals surface area (Å²) in [6.45, 7) is 0.979. The molecule has 156 valence electrons. The highest BCUT2D eigenvalue weighted by atomic mass is 19.1. The van der Waals surface area contributed by atoms with Crippen molar-refractivity contribution in [2.24, 2.45) is 5.92 Å². The number of benzene rings is 1. The predicted octanol–water partition coefficient (Wildman–Crippen LogP) is 1.54. The Bertz CT molecular complexity index is 1210. The van der Waals surface area contributed by atoms with Gasteiger partial charge in [0.2, 0.25) is 5.65 Å². The molecule has 0 spiro atoms. The van der Waals surface area contributed by atoms with Crippen LogP contribution in [0, 0.1) is 11.7 Å². The van der Waals surface area contributed by atoms with Crippen molar-refractivity contribution in [3.63, 3.8) is 0 Å². The number of hydrogen-bond acceptors (Lipinski definition) is 5. The van der Waals surface area contributed by atoms with Gasteiger partial charge in [0.15, 0.2) is 0 Å². The third-order valence-corrected chi connectivity index (χ3v) is 5.68. The van der Waals surface area contributed by atoms with Gasteiger partial charge < -0.3 is 19.3 Å². The topological polar surface area (TPSA) is 89.1 Å². The average molecular weight is 412 g/mol. The summed E-state index contributed by atoms with van der Waals surface area (Å²) in [6.07, 6.45) is 4.65. The van der Waals surface area contributed by atoms with Gasteiger partial charge in [-0.05, 0) is 30.9 Å². The average Bonchev–Trinajstić information content (AvgIpc) is 3.43. The Morgan fingerprint density at radius 3 is 2.70 bits per heavy atom. The van der Waals surface area contributed by atoms with Crippen LogP contribution in [0.3, 0.4) is 0 Å². The minimum Gasteiger partial charge on any atom is -0.497 e. The Morgan fingerprint density at radius 1 is 1.30 bits per heavy atom. The fourth-order valence-corrected chi connectivity index (χ4v) is 3.75. The zero-order chi connectivity index (χ0) is 21.0. The molecule has 1 aliphatic heterocycles. The third kappa shape index (κ3) is 3.15. The van der Waals surface area contributed by atoms with E-state index in [0.29, 0.717) is 23.9 Å². The Hall–Kier alpha value is -3.20. The SMILES string of the molecule is COc1ccc(-c2cn3cc(C(=O)N4CC(O)C4)nc3c(=O)n2CC2CC2)c(F)c1. The number of likely N-dealkylation sites (tertiary alicyclic amines) is 1. The Morgan fingerprint density at radius 2 is 2.07 bits per heavy atom. The van der Waals surface area contributed by atoms with Crippen LogP contribution in [0.5, 0.6) is 5.75 Å². The lowest BCUT2D eigenvalue weighted by atomic mass is 10.1. The van der Waals surface area contributed by atoms with E-state index in [-0.39, 0.29) is 41.5 Å². The molecule has 30 heavy (non-hydrogen) atoms. The van der Waals surface area contributed by atoms with E-state index in [2.05, 4.69) is 4.98 Å². The number of halogens is 1. The minimum atomic E-state index is -0.522. The van der Waals surface area contributed by atoms with E-state index in [9.17, 15) is 19.1 Å². The number of aliphatic hydroxyl groups excluding tert-OH is 1. The van der Waals surface area contributed by atoms with Crippen molar-refractivity contribution in [3.05, 3.63) is 52.5 Å². The molecule has 3 aromatic rings. The maximum absolute atomic E-state index is 14.8. The second-order valence-corrected chi connectivity index (χ2v) is 7.94. The number of rotatable bonds is 5. The van der Waals surface area contributed by atoms with Gasteiger partial charge in [0.25, 0.3) is 11.5 Å². The van der Waals surface area contributed by atoms with Crippen molar-refractivity contribution < 1.29 is 19.0 Å². The van der Waals surface area contributed by atoms with E-state index < -0.39 is 11.9 Å². The molecule has 0 bridgehead atoms. The van der Waals surface area contributed by atoms with Gasteiger partial charge in [-0.15, -0.1) is 0 Å². The Balaban J connectivity index is 1.63. The lowest BCUT2D eigenvalue weighted by Gasteiger charge is -2.35. The smallest absolute Gasteiger partial charge is 0.294 e. The maximum Gasteiger partial charge on any atom is 0.294 e. The number of ether oxygens (including phenoxy) is 1. The fourth-order valence-electron chi connectivity index (χ4n) is 3.75. The molecule has 0 unspecified atom stereocenters. The van der Waals surface area contributed by atoms with Crippen LogP contribution in [-0.2, 0) is 6.54 Å². The van der Waals surface area contributed by atoms with Crippen molar-refractivity contribution >= 4 is 11.6 Å². The Kier molecular flexibility index (Phi) is 4.35. The van der Waals surface area contributed by atoms with E-state index in [1.54, 1.807) is 22.9 Å². The van der Waals surface area contributed by atoms with Crippen LogP contribution < -0.4 is 10.3 Å². The molecule has 1 N–H and O–H groups in total. The van der Waals surface area contributed by atoms with Gasteiger partial charge in [-0.25, -0.2) is 9.37 Å². The molecule has 9 heteroatoms. The number of β-amino-alcohol motifs (C(OH)–C–C–N with tert-alkyl or cyclic N) is 1. The summed E-state index contributed by atoms with van der Waals surface area (Å²) in [5.41, 5.74) is 0.595. The highest BCUT2D eigenvalue weighted by Crippen LogP contribution is 2.33. The largest absolute Gasteiger partial charge is 0.497 e.